The number of benzene rings is 1. The van der Waals surface area contributed by atoms with Gasteiger partial charge >= 0.3 is 0 Å². The van der Waals surface area contributed by atoms with Crippen LogP contribution >= 0.6 is 15.9 Å². The molecular formula is C15H24BrN3O. The van der Waals surface area contributed by atoms with E-state index in [4.69, 9.17) is 10.5 Å². The summed E-state index contributed by atoms with van der Waals surface area (Å²) in [6.07, 6.45) is 0.235. The van der Waals surface area contributed by atoms with Crippen LogP contribution in [0.2, 0.25) is 0 Å². The predicted octanol–water partition coefficient (Wildman–Crippen LogP) is 2.58. The van der Waals surface area contributed by atoms with Gasteiger partial charge in [0.2, 0.25) is 0 Å². The van der Waals surface area contributed by atoms with Crippen molar-refractivity contribution in [1.29, 1.82) is 0 Å². The smallest absolute Gasteiger partial charge is 0.0877 e. The zero-order chi connectivity index (χ0) is 14.7. The van der Waals surface area contributed by atoms with Crippen LogP contribution in [0.25, 0.3) is 0 Å². The van der Waals surface area contributed by atoms with Gasteiger partial charge in [0.15, 0.2) is 0 Å². The van der Waals surface area contributed by atoms with E-state index in [0.29, 0.717) is 6.04 Å². The van der Waals surface area contributed by atoms with Crippen molar-refractivity contribution in [2.75, 3.05) is 43.9 Å². The zero-order valence-corrected chi connectivity index (χ0v) is 14.1. The van der Waals surface area contributed by atoms with E-state index in [1.165, 1.54) is 0 Å². The first-order valence-corrected chi connectivity index (χ1v) is 7.88. The molecule has 112 valence electrons. The fourth-order valence-electron chi connectivity index (χ4n) is 2.60. The van der Waals surface area contributed by atoms with Crippen LogP contribution in [-0.4, -0.2) is 50.3 Å². The SMILES string of the molecule is CC(C)N1CCOC(CN(C)c2ccc(Br)cc2N)C1. The second kappa shape index (κ2) is 6.78. The minimum absolute atomic E-state index is 0.235. The molecule has 1 fully saturated rings. The summed E-state index contributed by atoms with van der Waals surface area (Å²) in [6, 6.07) is 6.57. The number of hydrogen-bond acceptors (Lipinski definition) is 4. The van der Waals surface area contributed by atoms with Gasteiger partial charge in [0.05, 0.1) is 24.1 Å². The number of ether oxygens (including phenoxy) is 1. The standard InChI is InChI=1S/C15H24BrN3O/c1-11(2)19-6-7-20-13(10-19)9-18(3)15-5-4-12(16)8-14(15)17/h4-5,8,11,13H,6-7,9-10,17H2,1-3H3. The summed E-state index contributed by atoms with van der Waals surface area (Å²) in [6.45, 7) is 8.15. The molecule has 20 heavy (non-hydrogen) atoms. The van der Waals surface area contributed by atoms with Crippen LogP contribution in [0.1, 0.15) is 13.8 Å². The molecule has 0 bridgehead atoms. The van der Waals surface area contributed by atoms with Gasteiger partial charge in [-0.05, 0) is 32.0 Å². The number of likely N-dealkylation sites (N-methyl/N-ethyl adjacent to an activating group) is 1. The number of nitrogens with zero attached hydrogens (tertiary/aromatic N) is 2. The molecule has 0 amide bonds. The molecule has 1 aromatic carbocycles. The van der Waals surface area contributed by atoms with Gasteiger partial charge in [-0.2, -0.15) is 0 Å². The minimum Gasteiger partial charge on any atom is -0.397 e. The lowest BCUT2D eigenvalue weighted by atomic mass is 10.2. The van der Waals surface area contributed by atoms with Crippen molar-refractivity contribution in [2.45, 2.75) is 26.0 Å². The average molecular weight is 342 g/mol. The highest BCUT2D eigenvalue weighted by Crippen LogP contribution is 2.26. The summed E-state index contributed by atoms with van der Waals surface area (Å²) in [4.78, 5) is 4.64. The Morgan fingerprint density at radius 2 is 2.25 bits per heavy atom. The number of nitrogens with two attached hydrogens (primary N) is 1. The second-order valence-corrected chi connectivity index (χ2v) is 6.58. The first-order valence-electron chi connectivity index (χ1n) is 7.09. The Kier molecular flexibility index (Phi) is 5.29. The van der Waals surface area contributed by atoms with E-state index < -0.39 is 0 Å². The van der Waals surface area contributed by atoms with Crippen molar-refractivity contribution >= 4 is 27.3 Å². The molecule has 1 heterocycles. The molecule has 0 saturated carbocycles. The van der Waals surface area contributed by atoms with Crippen molar-refractivity contribution in [3.05, 3.63) is 22.7 Å². The maximum atomic E-state index is 6.08. The summed E-state index contributed by atoms with van der Waals surface area (Å²) >= 11 is 3.44. The van der Waals surface area contributed by atoms with E-state index >= 15 is 0 Å². The van der Waals surface area contributed by atoms with Crippen LogP contribution < -0.4 is 10.6 Å². The molecule has 1 aliphatic heterocycles. The molecule has 1 atom stereocenters. The molecule has 1 saturated heterocycles. The summed E-state index contributed by atoms with van der Waals surface area (Å²) in [5, 5.41) is 0. The highest BCUT2D eigenvalue weighted by atomic mass is 79.9. The molecule has 0 aromatic heterocycles. The Morgan fingerprint density at radius 3 is 2.90 bits per heavy atom. The zero-order valence-electron chi connectivity index (χ0n) is 12.5. The number of halogens is 1. The van der Waals surface area contributed by atoms with Crippen LogP contribution in [-0.2, 0) is 4.74 Å². The number of hydrogen-bond donors (Lipinski definition) is 1. The number of anilines is 2. The van der Waals surface area contributed by atoms with Gasteiger partial charge in [-0.25, -0.2) is 0 Å². The van der Waals surface area contributed by atoms with Crippen molar-refractivity contribution in [1.82, 2.24) is 4.90 Å². The summed E-state index contributed by atoms with van der Waals surface area (Å²) in [5.41, 5.74) is 7.92. The van der Waals surface area contributed by atoms with Gasteiger partial charge in [0.1, 0.15) is 0 Å². The van der Waals surface area contributed by atoms with Crippen molar-refractivity contribution in [3.8, 4) is 0 Å². The molecule has 0 aliphatic carbocycles. The van der Waals surface area contributed by atoms with Crippen molar-refractivity contribution in [3.63, 3.8) is 0 Å². The van der Waals surface area contributed by atoms with E-state index in [1.54, 1.807) is 0 Å². The third kappa shape index (κ3) is 3.87. The number of rotatable bonds is 4. The summed E-state index contributed by atoms with van der Waals surface area (Å²) in [5.74, 6) is 0. The van der Waals surface area contributed by atoms with Crippen LogP contribution in [0.5, 0.6) is 0 Å². The highest BCUT2D eigenvalue weighted by Gasteiger charge is 2.23. The molecule has 2 rings (SSSR count). The van der Waals surface area contributed by atoms with Crippen LogP contribution in [0.15, 0.2) is 22.7 Å². The fraction of sp³-hybridized carbons (Fsp3) is 0.600. The normalized spacial score (nSPS) is 20.4. The maximum absolute atomic E-state index is 6.08. The Labute approximate surface area is 130 Å². The van der Waals surface area contributed by atoms with Gasteiger partial charge < -0.3 is 15.4 Å². The highest BCUT2D eigenvalue weighted by molar-refractivity contribution is 9.10. The van der Waals surface area contributed by atoms with E-state index in [0.717, 1.165) is 42.1 Å². The van der Waals surface area contributed by atoms with E-state index in [-0.39, 0.29) is 6.10 Å². The monoisotopic (exact) mass is 341 g/mol. The summed E-state index contributed by atoms with van der Waals surface area (Å²) < 4.78 is 6.89. The lowest BCUT2D eigenvalue weighted by molar-refractivity contribution is -0.0338. The third-order valence-corrected chi connectivity index (χ3v) is 4.27. The Hall–Kier alpha value is -0.780. The molecule has 2 N–H and O–H groups in total. The maximum Gasteiger partial charge on any atom is 0.0877 e. The Bertz CT molecular complexity index is 453. The van der Waals surface area contributed by atoms with Crippen molar-refractivity contribution < 1.29 is 4.74 Å². The topological polar surface area (TPSA) is 41.7 Å². The third-order valence-electron chi connectivity index (χ3n) is 3.78. The van der Waals surface area contributed by atoms with Crippen LogP contribution in [0.4, 0.5) is 11.4 Å². The molecular weight excluding hydrogens is 318 g/mol. The molecule has 0 spiro atoms. The fourth-order valence-corrected chi connectivity index (χ4v) is 2.98. The number of morpholine rings is 1. The number of nitrogen functional groups attached to an aromatic ring is 1. The molecule has 5 heteroatoms. The van der Waals surface area contributed by atoms with Gasteiger partial charge in [-0.3, -0.25) is 4.90 Å². The Morgan fingerprint density at radius 1 is 1.50 bits per heavy atom. The van der Waals surface area contributed by atoms with E-state index in [9.17, 15) is 0 Å². The van der Waals surface area contributed by atoms with E-state index in [1.807, 2.05) is 18.2 Å². The van der Waals surface area contributed by atoms with Gasteiger partial charge in [0.25, 0.3) is 0 Å². The van der Waals surface area contributed by atoms with Gasteiger partial charge in [-0.15, -0.1) is 0 Å². The van der Waals surface area contributed by atoms with Crippen molar-refractivity contribution in [2.24, 2.45) is 0 Å². The van der Waals surface area contributed by atoms with Gasteiger partial charge in [-0.1, -0.05) is 15.9 Å². The lowest BCUT2D eigenvalue weighted by Gasteiger charge is -2.37. The van der Waals surface area contributed by atoms with Crippen LogP contribution in [0.3, 0.4) is 0 Å². The van der Waals surface area contributed by atoms with Gasteiger partial charge in [0, 0.05) is 37.2 Å². The first kappa shape index (κ1) is 15.6. The second-order valence-electron chi connectivity index (χ2n) is 5.67. The minimum atomic E-state index is 0.235. The summed E-state index contributed by atoms with van der Waals surface area (Å²) in [7, 11) is 2.07. The van der Waals surface area contributed by atoms with E-state index in [2.05, 4.69) is 46.6 Å². The molecule has 4 nitrogen and oxygen atoms in total. The molecule has 1 aromatic rings. The molecule has 0 radical (unpaired) electrons. The van der Waals surface area contributed by atoms with Crippen LogP contribution in [0, 0.1) is 0 Å². The lowest BCUT2D eigenvalue weighted by Crippen LogP contribution is -2.49. The predicted molar refractivity (Wildman–Crippen MR) is 88.3 cm³/mol. The Balaban J connectivity index is 1.98. The average Bonchev–Trinajstić information content (AvgIpc) is 2.38. The first-order chi connectivity index (χ1) is 9.47. The largest absolute Gasteiger partial charge is 0.397 e. The molecule has 1 aliphatic rings. The molecule has 1 unspecified atom stereocenters. The quantitative estimate of drug-likeness (QED) is 0.854.